The third-order valence-electron chi connectivity index (χ3n) is 4.63. The molecular weight excluding hydrogens is 377 g/mol. The van der Waals surface area contributed by atoms with Crippen molar-refractivity contribution in [2.45, 2.75) is 27.0 Å². The Balaban J connectivity index is 1.71. The van der Waals surface area contributed by atoms with Crippen molar-refractivity contribution in [3.8, 4) is 11.5 Å². The van der Waals surface area contributed by atoms with Crippen molar-refractivity contribution >= 4 is 17.3 Å². The Labute approximate surface area is 170 Å². The van der Waals surface area contributed by atoms with E-state index in [9.17, 15) is 4.39 Å². The molecule has 28 heavy (non-hydrogen) atoms. The molecule has 0 aliphatic heterocycles. The van der Waals surface area contributed by atoms with Crippen LogP contribution in [0.5, 0.6) is 11.5 Å². The van der Waals surface area contributed by atoms with E-state index in [1.165, 1.54) is 23.3 Å². The highest BCUT2D eigenvalue weighted by atomic mass is 35.5. The van der Waals surface area contributed by atoms with Gasteiger partial charge in [0.15, 0.2) is 11.5 Å². The molecule has 0 spiro atoms. The number of rotatable bonds is 7. The van der Waals surface area contributed by atoms with Gasteiger partial charge >= 0.3 is 0 Å². The molecule has 146 valence electrons. The van der Waals surface area contributed by atoms with Gasteiger partial charge in [-0.25, -0.2) is 4.39 Å². The molecule has 3 aromatic carbocycles. The number of ether oxygens (including phenoxy) is 2. The topological polar surface area (TPSA) is 30.5 Å². The van der Waals surface area contributed by atoms with Crippen LogP contribution in [0, 0.1) is 19.7 Å². The summed E-state index contributed by atoms with van der Waals surface area (Å²) in [5.74, 6) is 0.875. The second-order valence-corrected chi connectivity index (χ2v) is 7.07. The molecule has 0 atom stereocenters. The fourth-order valence-electron chi connectivity index (χ4n) is 2.78. The summed E-state index contributed by atoms with van der Waals surface area (Å²) in [5, 5.41) is 3.98. The van der Waals surface area contributed by atoms with E-state index < -0.39 is 0 Å². The maximum absolute atomic E-state index is 13.0. The van der Waals surface area contributed by atoms with E-state index in [1.54, 1.807) is 25.3 Å². The lowest BCUT2D eigenvalue weighted by molar-refractivity contribution is 0.284. The van der Waals surface area contributed by atoms with Crippen LogP contribution in [-0.2, 0) is 13.2 Å². The van der Waals surface area contributed by atoms with Gasteiger partial charge in [-0.05, 0) is 66.4 Å². The first-order valence-electron chi connectivity index (χ1n) is 9.01. The van der Waals surface area contributed by atoms with E-state index in [0.29, 0.717) is 29.7 Å². The summed E-state index contributed by atoms with van der Waals surface area (Å²) in [6.07, 6.45) is 0. The smallest absolute Gasteiger partial charge is 0.163 e. The molecule has 3 rings (SSSR count). The van der Waals surface area contributed by atoms with Crippen LogP contribution >= 0.6 is 11.6 Å². The molecule has 0 saturated heterocycles. The van der Waals surface area contributed by atoms with Crippen molar-refractivity contribution in [3.05, 3.63) is 87.7 Å². The predicted molar refractivity (Wildman–Crippen MR) is 112 cm³/mol. The Bertz CT molecular complexity index is 958. The zero-order chi connectivity index (χ0) is 20.1. The molecule has 0 heterocycles. The highest BCUT2D eigenvalue weighted by Crippen LogP contribution is 2.34. The van der Waals surface area contributed by atoms with E-state index in [4.69, 9.17) is 21.1 Å². The lowest BCUT2D eigenvalue weighted by atomic mass is 10.1. The third-order valence-corrected chi connectivity index (χ3v) is 4.98. The quantitative estimate of drug-likeness (QED) is 0.506. The highest BCUT2D eigenvalue weighted by molar-refractivity contribution is 6.31. The minimum absolute atomic E-state index is 0.273. The Morgan fingerprint density at radius 1 is 0.929 bits per heavy atom. The molecule has 0 aromatic heterocycles. The number of halogens is 2. The molecule has 3 nitrogen and oxygen atoms in total. The van der Waals surface area contributed by atoms with Crippen LogP contribution in [0.2, 0.25) is 5.02 Å². The maximum Gasteiger partial charge on any atom is 0.163 e. The lowest BCUT2D eigenvalue weighted by Gasteiger charge is -2.15. The molecule has 0 bridgehead atoms. The van der Waals surface area contributed by atoms with Gasteiger partial charge in [0.05, 0.1) is 7.11 Å². The molecule has 0 radical (unpaired) electrons. The van der Waals surface area contributed by atoms with Crippen LogP contribution in [0.3, 0.4) is 0 Å². The zero-order valence-corrected chi connectivity index (χ0v) is 16.9. The second kappa shape index (κ2) is 8.98. The predicted octanol–water partition coefficient (Wildman–Crippen LogP) is 6.30. The Hall–Kier alpha value is -2.72. The third kappa shape index (κ3) is 4.96. The maximum atomic E-state index is 13.0. The van der Waals surface area contributed by atoms with E-state index >= 15 is 0 Å². The zero-order valence-electron chi connectivity index (χ0n) is 16.2. The van der Waals surface area contributed by atoms with Gasteiger partial charge in [0.25, 0.3) is 0 Å². The molecule has 0 amide bonds. The molecule has 0 saturated carbocycles. The van der Waals surface area contributed by atoms with E-state index in [0.717, 1.165) is 16.8 Å². The lowest BCUT2D eigenvalue weighted by Crippen LogP contribution is -2.03. The largest absolute Gasteiger partial charge is 0.493 e. The summed E-state index contributed by atoms with van der Waals surface area (Å²) in [6, 6.07) is 16.1. The Morgan fingerprint density at radius 2 is 1.68 bits per heavy atom. The summed E-state index contributed by atoms with van der Waals surface area (Å²) in [6.45, 7) is 5.04. The first-order chi connectivity index (χ1) is 13.5. The average Bonchev–Trinajstić information content (AvgIpc) is 2.69. The molecule has 0 unspecified atom stereocenters. The van der Waals surface area contributed by atoms with Gasteiger partial charge in [0.2, 0.25) is 0 Å². The monoisotopic (exact) mass is 399 g/mol. The minimum Gasteiger partial charge on any atom is -0.493 e. The van der Waals surface area contributed by atoms with Crippen molar-refractivity contribution in [1.29, 1.82) is 0 Å². The van der Waals surface area contributed by atoms with Gasteiger partial charge in [0.1, 0.15) is 12.4 Å². The van der Waals surface area contributed by atoms with Crippen LogP contribution in [0.25, 0.3) is 0 Å². The number of nitrogens with one attached hydrogen (secondary N) is 1. The number of hydrogen-bond acceptors (Lipinski definition) is 3. The van der Waals surface area contributed by atoms with Gasteiger partial charge in [-0.15, -0.1) is 0 Å². The van der Waals surface area contributed by atoms with Gasteiger partial charge in [-0.3, -0.25) is 0 Å². The minimum atomic E-state index is -0.273. The standard InChI is InChI=1S/C23H23ClFNO2/c1-15-4-9-20(10-16(15)2)26-13-18-11-22(27-3)23(12-21(18)24)28-14-17-5-7-19(25)8-6-17/h4-12,26H,13-14H2,1-3H3. The van der Waals surface area contributed by atoms with Crippen LogP contribution in [0.1, 0.15) is 22.3 Å². The number of anilines is 1. The number of benzene rings is 3. The second-order valence-electron chi connectivity index (χ2n) is 6.66. The van der Waals surface area contributed by atoms with E-state index in [2.05, 4.69) is 31.3 Å². The SMILES string of the molecule is COc1cc(CNc2ccc(C)c(C)c2)c(Cl)cc1OCc1ccc(F)cc1. The summed E-state index contributed by atoms with van der Waals surface area (Å²) < 4.78 is 24.3. The molecule has 1 N–H and O–H groups in total. The number of methoxy groups -OCH3 is 1. The number of hydrogen-bond donors (Lipinski definition) is 1. The van der Waals surface area contributed by atoms with Crippen LogP contribution in [-0.4, -0.2) is 7.11 Å². The summed E-state index contributed by atoms with van der Waals surface area (Å²) in [7, 11) is 1.59. The van der Waals surface area contributed by atoms with E-state index in [-0.39, 0.29) is 5.82 Å². The molecular formula is C23H23ClFNO2. The van der Waals surface area contributed by atoms with Crippen LogP contribution in [0.4, 0.5) is 10.1 Å². The highest BCUT2D eigenvalue weighted by Gasteiger charge is 2.11. The molecule has 0 aliphatic rings. The fraction of sp³-hybridized carbons (Fsp3) is 0.217. The summed E-state index contributed by atoms with van der Waals surface area (Å²) >= 11 is 6.46. The summed E-state index contributed by atoms with van der Waals surface area (Å²) in [5.41, 5.74) is 5.30. The van der Waals surface area contributed by atoms with Crippen molar-refractivity contribution < 1.29 is 13.9 Å². The van der Waals surface area contributed by atoms with Gasteiger partial charge < -0.3 is 14.8 Å². The molecule has 5 heteroatoms. The first kappa shape index (κ1) is 20.0. The first-order valence-corrected chi connectivity index (χ1v) is 9.39. The fourth-order valence-corrected chi connectivity index (χ4v) is 3.00. The van der Waals surface area contributed by atoms with Crippen molar-refractivity contribution in [1.82, 2.24) is 0 Å². The normalized spacial score (nSPS) is 10.6. The van der Waals surface area contributed by atoms with Crippen LogP contribution < -0.4 is 14.8 Å². The molecule has 0 aliphatic carbocycles. The van der Waals surface area contributed by atoms with Gasteiger partial charge in [-0.1, -0.05) is 29.8 Å². The van der Waals surface area contributed by atoms with Gasteiger partial charge in [0, 0.05) is 23.3 Å². The summed E-state index contributed by atoms with van der Waals surface area (Å²) in [4.78, 5) is 0. The van der Waals surface area contributed by atoms with Crippen molar-refractivity contribution in [2.75, 3.05) is 12.4 Å². The Kier molecular flexibility index (Phi) is 6.42. The van der Waals surface area contributed by atoms with Crippen molar-refractivity contribution in [3.63, 3.8) is 0 Å². The molecule has 0 fully saturated rings. The Morgan fingerprint density at radius 3 is 2.36 bits per heavy atom. The molecule has 3 aromatic rings. The van der Waals surface area contributed by atoms with Gasteiger partial charge in [-0.2, -0.15) is 0 Å². The van der Waals surface area contributed by atoms with Crippen molar-refractivity contribution in [2.24, 2.45) is 0 Å². The average molecular weight is 400 g/mol. The number of aryl methyl sites for hydroxylation is 2. The van der Waals surface area contributed by atoms with Crippen LogP contribution in [0.15, 0.2) is 54.6 Å². The van der Waals surface area contributed by atoms with E-state index in [1.807, 2.05) is 12.1 Å².